The molecule has 0 nitrogen and oxygen atoms in total. The van der Waals surface area contributed by atoms with E-state index in [0.717, 1.165) is 11.5 Å². The standard InChI is InChI=1S/C14H27Cl/c1-5-9-12-14(8-4,11-7-3)13(15)10-6-2/h10H,5-9,11-12H2,1-4H3/b13-10+. The Kier molecular flexibility index (Phi) is 8.23. The molecule has 0 heterocycles. The van der Waals surface area contributed by atoms with Crippen LogP contribution in [0.2, 0.25) is 0 Å². The van der Waals surface area contributed by atoms with Crippen molar-refractivity contribution >= 4 is 11.6 Å². The van der Waals surface area contributed by atoms with E-state index in [4.69, 9.17) is 11.6 Å². The maximum absolute atomic E-state index is 6.48. The minimum Gasteiger partial charge on any atom is -0.0889 e. The van der Waals surface area contributed by atoms with Crippen LogP contribution >= 0.6 is 11.6 Å². The molecule has 0 radical (unpaired) electrons. The number of rotatable bonds is 8. The van der Waals surface area contributed by atoms with Crippen LogP contribution in [0.4, 0.5) is 0 Å². The molecule has 0 aliphatic heterocycles. The quantitative estimate of drug-likeness (QED) is 0.487. The maximum atomic E-state index is 6.48. The molecular formula is C14H27Cl. The van der Waals surface area contributed by atoms with Gasteiger partial charge in [-0.1, -0.05) is 64.6 Å². The summed E-state index contributed by atoms with van der Waals surface area (Å²) in [6, 6.07) is 0. The SMILES string of the molecule is CC/C=C(/Cl)C(CC)(CCC)CCCC. The highest BCUT2D eigenvalue weighted by Crippen LogP contribution is 2.43. The Hall–Kier alpha value is 0.0300. The summed E-state index contributed by atoms with van der Waals surface area (Å²) >= 11 is 6.48. The van der Waals surface area contributed by atoms with Crippen molar-refractivity contribution in [2.75, 3.05) is 0 Å². The van der Waals surface area contributed by atoms with Crippen LogP contribution in [0.5, 0.6) is 0 Å². The van der Waals surface area contributed by atoms with Gasteiger partial charge in [-0.25, -0.2) is 0 Å². The molecule has 0 aromatic heterocycles. The summed E-state index contributed by atoms with van der Waals surface area (Å²) in [4.78, 5) is 0. The second-order valence-corrected chi connectivity index (χ2v) is 4.85. The Balaban J connectivity index is 4.70. The van der Waals surface area contributed by atoms with Gasteiger partial charge < -0.3 is 0 Å². The van der Waals surface area contributed by atoms with Gasteiger partial charge in [-0.05, 0) is 25.7 Å². The summed E-state index contributed by atoms with van der Waals surface area (Å²) in [5.41, 5.74) is 0.280. The monoisotopic (exact) mass is 230 g/mol. The third-order valence-electron chi connectivity index (χ3n) is 3.30. The number of hydrogen-bond acceptors (Lipinski definition) is 0. The van der Waals surface area contributed by atoms with Gasteiger partial charge in [0.1, 0.15) is 0 Å². The van der Waals surface area contributed by atoms with Gasteiger partial charge in [0.05, 0.1) is 0 Å². The van der Waals surface area contributed by atoms with E-state index >= 15 is 0 Å². The van der Waals surface area contributed by atoms with Crippen molar-refractivity contribution in [3.8, 4) is 0 Å². The lowest BCUT2D eigenvalue weighted by Crippen LogP contribution is -2.20. The molecule has 0 saturated carbocycles. The van der Waals surface area contributed by atoms with Crippen molar-refractivity contribution in [2.45, 2.75) is 72.6 Å². The summed E-state index contributed by atoms with van der Waals surface area (Å²) in [5, 5.41) is 1.11. The van der Waals surface area contributed by atoms with E-state index < -0.39 is 0 Å². The Morgan fingerprint density at radius 3 is 2.13 bits per heavy atom. The highest BCUT2D eigenvalue weighted by molar-refractivity contribution is 6.30. The minimum atomic E-state index is 0.280. The van der Waals surface area contributed by atoms with Gasteiger partial charge in [0.25, 0.3) is 0 Å². The van der Waals surface area contributed by atoms with Gasteiger partial charge in [0.15, 0.2) is 0 Å². The lowest BCUT2D eigenvalue weighted by Gasteiger charge is -2.32. The fourth-order valence-electron chi connectivity index (χ4n) is 2.28. The first-order valence-corrected chi connectivity index (χ1v) is 6.90. The summed E-state index contributed by atoms with van der Waals surface area (Å²) < 4.78 is 0. The fourth-order valence-corrected chi connectivity index (χ4v) is 2.75. The second-order valence-electron chi connectivity index (χ2n) is 4.45. The van der Waals surface area contributed by atoms with Crippen molar-refractivity contribution in [1.82, 2.24) is 0 Å². The number of unbranched alkanes of at least 4 members (excludes halogenated alkanes) is 1. The Bertz CT molecular complexity index is 184. The molecular weight excluding hydrogens is 204 g/mol. The van der Waals surface area contributed by atoms with Crippen LogP contribution in [0.1, 0.15) is 72.6 Å². The molecule has 15 heavy (non-hydrogen) atoms. The molecule has 0 N–H and O–H groups in total. The number of halogens is 1. The van der Waals surface area contributed by atoms with E-state index in [9.17, 15) is 0 Å². The molecule has 1 unspecified atom stereocenters. The lowest BCUT2D eigenvalue weighted by molar-refractivity contribution is 0.289. The molecule has 0 aliphatic carbocycles. The summed E-state index contributed by atoms with van der Waals surface area (Å²) in [7, 11) is 0. The minimum absolute atomic E-state index is 0.280. The first kappa shape index (κ1) is 15.0. The molecule has 0 amide bonds. The van der Waals surface area contributed by atoms with Gasteiger partial charge >= 0.3 is 0 Å². The molecule has 0 aromatic rings. The van der Waals surface area contributed by atoms with Crippen molar-refractivity contribution in [3.05, 3.63) is 11.1 Å². The van der Waals surface area contributed by atoms with Crippen LogP contribution in [0.15, 0.2) is 11.1 Å². The van der Waals surface area contributed by atoms with E-state index in [1.807, 2.05) is 0 Å². The highest BCUT2D eigenvalue weighted by atomic mass is 35.5. The van der Waals surface area contributed by atoms with Crippen molar-refractivity contribution < 1.29 is 0 Å². The number of allylic oxidation sites excluding steroid dienone is 2. The Labute approximate surface area is 101 Å². The highest BCUT2D eigenvalue weighted by Gasteiger charge is 2.29. The first-order chi connectivity index (χ1) is 7.16. The fraction of sp³-hybridized carbons (Fsp3) is 0.857. The zero-order valence-corrected chi connectivity index (χ0v) is 11.7. The van der Waals surface area contributed by atoms with E-state index in [-0.39, 0.29) is 5.41 Å². The Morgan fingerprint density at radius 1 is 1.07 bits per heavy atom. The van der Waals surface area contributed by atoms with Crippen molar-refractivity contribution in [2.24, 2.45) is 5.41 Å². The molecule has 0 spiro atoms. The predicted octanol–water partition coefficient (Wildman–Crippen LogP) is 5.91. The van der Waals surface area contributed by atoms with Gasteiger partial charge in [-0.3, -0.25) is 0 Å². The van der Waals surface area contributed by atoms with Crippen LogP contribution in [0, 0.1) is 5.41 Å². The average Bonchev–Trinajstić information content (AvgIpc) is 2.24. The van der Waals surface area contributed by atoms with Crippen LogP contribution in [0.3, 0.4) is 0 Å². The molecule has 0 fully saturated rings. The summed E-state index contributed by atoms with van der Waals surface area (Å²) in [6.07, 6.45) is 10.7. The third-order valence-corrected chi connectivity index (χ3v) is 3.86. The van der Waals surface area contributed by atoms with Crippen LogP contribution in [-0.4, -0.2) is 0 Å². The van der Waals surface area contributed by atoms with E-state index in [0.29, 0.717) is 0 Å². The maximum Gasteiger partial charge on any atom is 0.0202 e. The molecule has 90 valence electrons. The Morgan fingerprint density at radius 2 is 1.73 bits per heavy atom. The molecule has 0 aliphatic rings. The molecule has 0 aromatic carbocycles. The summed E-state index contributed by atoms with van der Waals surface area (Å²) in [5.74, 6) is 0. The molecule has 1 atom stereocenters. The van der Waals surface area contributed by atoms with E-state index in [1.54, 1.807) is 0 Å². The molecule has 0 saturated heterocycles. The van der Waals surface area contributed by atoms with Crippen molar-refractivity contribution in [1.29, 1.82) is 0 Å². The molecule has 0 rings (SSSR count). The summed E-state index contributed by atoms with van der Waals surface area (Å²) in [6.45, 7) is 8.95. The topological polar surface area (TPSA) is 0 Å². The normalized spacial score (nSPS) is 16.5. The van der Waals surface area contributed by atoms with E-state index in [2.05, 4.69) is 33.8 Å². The second kappa shape index (κ2) is 8.21. The van der Waals surface area contributed by atoms with Gasteiger partial charge in [-0.15, -0.1) is 0 Å². The zero-order valence-electron chi connectivity index (χ0n) is 10.9. The molecule has 0 bridgehead atoms. The number of hydrogen-bond donors (Lipinski definition) is 0. The van der Waals surface area contributed by atoms with E-state index in [1.165, 1.54) is 38.5 Å². The van der Waals surface area contributed by atoms with Gasteiger partial charge in [-0.2, -0.15) is 0 Å². The van der Waals surface area contributed by atoms with Crippen LogP contribution in [-0.2, 0) is 0 Å². The van der Waals surface area contributed by atoms with Gasteiger partial charge in [0.2, 0.25) is 0 Å². The predicted molar refractivity (Wildman–Crippen MR) is 71.4 cm³/mol. The van der Waals surface area contributed by atoms with Gasteiger partial charge in [0, 0.05) is 10.4 Å². The largest absolute Gasteiger partial charge is 0.0889 e. The average molecular weight is 231 g/mol. The lowest BCUT2D eigenvalue weighted by atomic mass is 9.76. The molecule has 1 heteroatoms. The third kappa shape index (κ3) is 4.59. The zero-order chi connectivity index (χ0) is 11.7. The van der Waals surface area contributed by atoms with Crippen LogP contribution < -0.4 is 0 Å². The van der Waals surface area contributed by atoms with Crippen LogP contribution in [0.25, 0.3) is 0 Å². The smallest absolute Gasteiger partial charge is 0.0202 e. The first-order valence-electron chi connectivity index (χ1n) is 6.52. The van der Waals surface area contributed by atoms with Crippen molar-refractivity contribution in [3.63, 3.8) is 0 Å².